The van der Waals surface area contributed by atoms with Crippen molar-refractivity contribution in [3.63, 3.8) is 0 Å². The maximum Gasteiger partial charge on any atom is 0.202 e. The van der Waals surface area contributed by atoms with Gasteiger partial charge >= 0.3 is 0 Å². The third kappa shape index (κ3) is 2.23. The largest absolute Gasteiger partial charge is 0.360 e. The highest BCUT2D eigenvalue weighted by Gasteiger charge is 2.32. The van der Waals surface area contributed by atoms with E-state index in [4.69, 9.17) is 0 Å². The SMILES string of the molecule is CC(C)c1nsc(NCC2CC2C)n1. The highest BCUT2D eigenvalue weighted by molar-refractivity contribution is 7.09. The van der Waals surface area contributed by atoms with Gasteiger partial charge in [0.2, 0.25) is 5.13 Å². The lowest BCUT2D eigenvalue weighted by Crippen LogP contribution is -2.04. The van der Waals surface area contributed by atoms with Crippen LogP contribution in [-0.4, -0.2) is 15.9 Å². The van der Waals surface area contributed by atoms with Crippen molar-refractivity contribution in [1.82, 2.24) is 9.36 Å². The maximum atomic E-state index is 4.43. The van der Waals surface area contributed by atoms with Crippen molar-refractivity contribution in [2.24, 2.45) is 11.8 Å². The van der Waals surface area contributed by atoms with Gasteiger partial charge in [0.1, 0.15) is 5.82 Å². The molecule has 0 bridgehead atoms. The van der Waals surface area contributed by atoms with Gasteiger partial charge in [0.05, 0.1) is 0 Å². The normalized spacial score (nSPS) is 25.4. The molecule has 1 aliphatic rings. The van der Waals surface area contributed by atoms with Gasteiger partial charge in [0, 0.05) is 24.0 Å². The van der Waals surface area contributed by atoms with Crippen LogP contribution in [0.2, 0.25) is 0 Å². The third-order valence-corrected chi connectivity index (χ3v) is 3.44. The number of anilines is 1. The van der Waals surface area contributed by atoms with E-state index in [-0.39, 0.29) is 0 Å². The van der Waals surface area contributed by atoms with E-state index in [1.54, 1.807) is 0 Å². The van der Waals surface area contributed by atoms with Crippen molar-refractivity contribution in [2.45, 2.75) is 33.1 Å². The van der Waals surface area contributed by atoms with Gasteiger partial charge in [0.15, 0.2) is 0 Å². The van der Waals surface area contributed by atoms with Crippen LogP contribution >= 0.6 is 11.5 Å². The predicted molar refractivity (Wildman–Crippen MR) is 59.8 cm³/mol. The second-order valence-electron chi connectivity index (χ2n) is 4.47. The topological polar surface area (TPSA) is 37.8 Å². The van der Waals surface area contributed by atoms with Gasteiger partial charge in [-0.25, -0.2) is 4.98 Å². The quantitative estimate of drug-likeness (QED) is 0.832. The summed E-state index contributed by atoms with van der Waals surface area (Å²) >= 11 is 1.48. The summed E-state index contributed by atoms with van der Waals surface area (Å²) in [4.78, 5) is 4.43. The molecule has 2 rings (SSSR count). The van der Waals surface area contributed by atoms with Crippen molar-refractivity contribution in [3.05, 3.63) is 5.82 Å². The van der Waals surface area contributed by atoms with E-state index in [9.17, 15) is 0 Å². The van der Waals surface area contributed by atoms with E-state index < -0.39 is 0 Å². The van der Waals surface area contributed by atoms with Gasteiger partial charge in [-0.2, -0.15) is 4.37 Å². The molecule has 1 aromatic rings. The van der Waals surface area contributed by atoms with Crippen molar-refractivity contribution in [2.75, 3.05) is 11.9 Å². The molecule has 78 valence electrons. The summed E-state index contributed by atoms with van der Waals surface area (Å²) in [6.45, 7) is 7.60. The lowest BCUT2D eigenvalue weighted by molar-refractivity contribution is 0.778. The van der Waals surface area contributed by atoms with Crippen molar-refractivity contribution in [1.29, 1.82) is 0 Å². The van der Waals surface area contributed by atoms with Gasteiger partial charge in [-0.3, -0.25) is 0 Å². The molecule has 0 aliphatic heterocycles. The fourth-order valence-electron chi connectivity index (χ4n) is 1.44. The summed E-state index contributed by atoms with van der Waals surface area (Å²) in [5.74, 6) is 3.16. The van der Waals surface area contributed by atoms with Crippen LogP contribution in [0.5, 0.6) is 0 Å². The maximum absolute atomic E-state index is 4.43. The van der Waals surface area contributed by atoms with Crippen LogP contribution in [0.3, 0.4) is 0 Å². The highest BCUT2D eigenvalue weighted by atomic mass is 32.1. The van der Waals surface area contributed by atoms with Gasteiger partial charge < -0.3 is 5.32 Å². The molecule has 2 unspecified atom stereocenters. The molecule has 0 aromatic carbocycles. The Morgan fingerprint density at radius 2 is 2.29 bits per heavy atom. The summed E-state index contributed by atoms with van der Waals surface area (Å²) in [5, 5.41) is 4.34. The molecule has 0 saturated heterocycles. The van der Waals surface area contributed by atoms with E-state index in [0.29, 0.717) is 5.92 Å². The molecule has 2 atom stereocenters. The Balaban J connectivity index is 1.84. The molecule has 14 heavy (non-hydrogen) atoms. The number of aromatic nitrogens is 2. The first-order valence-electron chi connectivity index (χ1n) is 5.24. The van der Waals surface area contributed by atoms with Crippen LogP contribution in [-0.2, 0) is 0 Å². The summed E-state index contributed by atoms with van der Waals surface area (Å²) in [6.07, 6.45) is 1.36. The average Bonchev–Trinajstić information content (AvgIpc) is 2.68. The van der Waals surface area contributed by atoms with Gasteiger partial charge in [-0.15, -0.1) is 0 Å². The minimum atomic E-state index is 0.432. The molecule has 1 heterocycles. The number of nitrogens with one attached hydrogen (secondary N) is 1. The summed E-state index contributed by atoms with van der Waals surface area (Å²) in [5.41, 5.74) is 0. The third-order valence-electron chi connectivity index (χ3n) is 2.75. The first-order chi connectivity index (χ1) is 6.66. The second kappa shape index (κ2) is 3.85. The van der Waals surface area contributed by atoms with Crippen LogP contribution in [0.25, 0.3) is 0 Å². The monoisotopic (exact) mass is 211 g/mol. The second-order valence-corrected chi connectivity index (χ2v) is 5.22. The first kappa shape index (κ1) is 9.90. The Labute approximate surface area is 89.1 Å². The zero-order valence-corrected chi connectivity index (χ0v) is 9.77. The summed E-state index contributed by atoms with van der Waals surface area (Å²) in [7, 11) is 0. The Morgan fingerprint density at radius 3 is 2.79 bits per heavy atom. The smallest absolute Gasteiger partial charge is 0.202 e. The van der Waals surface area contributed by atoms with Gasteiger partial charge in [-0.05, 0) is 18.3 Å². The van der Waals surface area contributed by atoms with Crippen LogP contribution in [0.4, 0.5) is 5.13 Å². The number of rotatable bonds is 4. The number of hydrogen-bond acceptors (Lipinski definition) is 4. The fraction of sp³-hybridized carbons (Fsp3) is 0.800. The summed E-state index contributed by atoms with van der Waals surface area (Å²) < 4.78 is 4.30. The zero-order valence-electron chi connectivity index (χ0n) is 8.95. The molecule has 1 saturated carbocycles. The molecule has 0 radical (unpaired) electrons. The van der Waals surface area contributed by atoms with E-state index in [1.807, 2.05) is 0 Å². The van der Waals surface area contributed by atoms with Crippen LogP contribution < -0.4 is 5.32 Å². The van der Waals surface area contributed by atoms with Crippen molar-refractivity contribution in [3.8, 4) is 0 Å². The van der Waals surface area contributed by atoms with Crippen LogP contribution in [0.1, 0.15) is 38.9 Å². The molecule has 1 N–H and O–H groups in total. The minimum Gasteiger partial charge on any atom is -0.360 e. The lowest BCUT2D eigenvalue weighted by atomic mass is 10.2. The standard InChI is InChI=1S/C10H17N3S/c1-6(2)9-12-10(14-13-9)11-5-8-4-7(8)3/h6-8H,4-5H2,1-3H3,(H,11,12,13). The molecule has 1 aliphatic carbocycles. The van der Waals surface area contributed by atoms with E-state index in [0.717, 1.165) is 29.3 Å². The Kier molecular flexibility index (Phi) is 2.72. The van der Waals surface area contributed by atoms with Crippen LogP contribution in [0, 0.1) is 11.8 Å². The Morgan fingerprint density at radius 1 is 1.57 bits per heavy atom. The molecule has 0 spiro atoms. The lowest BCUT2D eigenvalue weighted by Gasteiger charge is -1.99. The molecule has 4 heteroatoms. The fourth-order valence-corrected chi connectivity index (χ4v) is 2.16. The van der Waals surface area contributed by atoms with Gasteiger partial charge in [-0.1, -0.05) is 20.8 Å². The molecule has 1 aromatic heterocycles. The number of hydrogen-bond donors (Lipinski definition) is 1. The van der Waals surface area contributed by atoms with E-state index >= 15 is 0 Å². The Hall–Kier alpha value is -0.640. The van der Waals surface area contributed by atoms with Crippen molar-refractivity contribution < 1.29 is 0 Å². The van der Waals surface area contributed by atoms with Crippen molar-refractivity contribution >= 4 is 16.7 Å². The van der Waals surface area contributed by atoms with E-state index in [1.165, 1.54) is 18.0 Å². The predicted octanol–water partition coefficient (Wildman–Crippen LogP) is 2.73. The van der Waals surface area contributed by atoms with E-state index in [2.05, 4.69) is 35.4 Å². The van der Waals surface area contributed by atoms with Crippen LogP contribution in [0.15, 0.2) is 0 Å². The number of nitrogens with zero attached hydrogens (tertiary/aromatic N) is 2. The molecular weight excluding hydrogens is 194 g/mol. The molecular formula is C10H17N3S. The minimum absolute atomic E-state index is 0.432. The highest BCUT2D eigenvalue weighted by Crippen LogP contribution is 2.37. The van der Waals surface area contributed by atoms with Gasteiger partial charge in [0.25, 0.3) is 0 Å². The first-order valence-corrected chi connectivity index (χ1v) is 6.01. The average molecular weight is 211 g/mol. The zero-order chi connectivity index (χ0) is 10.1. The molecule has 1 fully saturated rings. The molecule has 3 nitrogen and oxygen atoms in total. The Bertz CT molecular complexity index is 308. The molecule has 0 amide bonds. The summed E-state index contributed by atoms with van der Waals surface area (Å²) in [6, 6.07) is 0.